The van der Waals surface area contributed by atoms with Gasteiger partial charge in [0, 0.05) is 43.8 Å². The van der Waals surface area contributed by atoms with E-state index in [4.69, 9.17) is 14.2 Å². The second-order valence-electron chi connectivity index (χ2n) is 11.5. The van der Waals surface area contributed by atoms with E-state index in [1.54, 1.807) is 41.3 Å². The minimum Gasteiger partial charge on any atom is -0.497 e. The minimum absolute atomic E-state index is 0.0726. The summed E-state index contributed by atoms with van der Waals surface area (Å²) in [5.74, 6) is 2.15. The summed E-state index contributed by atoms with van der Waals surface area (Å²) in [5, 5.41) is 0. The Kier molecular flexibility index (Phi) is 7.61. The van der Waals surface area contributed by atoms with Crippen LogP contribution in [-0.4, -0.2) is 63.7 Å². The van der Waals surface area contributed by atoms with E-state index >= 15 is 0 Å². The molecule has 0 bridgehead atoms. The summed E-state index contributed by atoms with van der Waals surface area (Å²) >= 11 is 0. The van der Waals surface area contributed by atoms with Crippen LogP contribution in [0.3, 0.4) is 0 Å². The van der Waals surface area contributed by atoms with Gasteiger partial charge in [-0.1, -0.05) is 12.1 Å². The van der Waals surface area contributed by atoms with Crippen LogP contribution in [0.2, 0.25) is 0 Å². The second kappa shape index (κ2) is 11.0. The highest BCUT2D eigenvalue weighted by atomic mass is 16.6. The molecule has 0 saturated carbocycles. The molecule has 11 heteroatoms. The SMILES string of the molecule is COc1ccc(CN2C(=O)CCN(c3cnc(-c4ccc5c(c4)CN(C(=O)OC(C)(C)C)C5C)n3C)C2=O)c(OC)c1. The fourth-order valence-corrected chi connectivity index (χ4v) is 5.45. The number of benzene rings is 2. The number of hydrogen-bond donors (Lipinski definition) is 0. The zero-order valence-corrected chi connectivity index (χ0v) is 25.1. The van der Waals surface area contributed by atoms with E-state index in [-0.39, 0.29) is 37.6 Å². The molecule has 1 saturated heterocycles. The first-order chi connectivity index (χ1) is 19.9. The molecule has 4 amide bonds. The standard InChI is InChI=1S/C31H37N5O6/c1-19-24-11-9-20(14-22(24)18-35(19)30(39)42-31(2,3)4)28-32-16-26(33(28)5)34-13-12-27(37)36(29(34)38)17-21-8-10-23(40-6)15-25(21)41-7/h8-11,14-16,19H,12-13,17-18H2,1-7H3. The van der Waals surface area contributed by atoms with Crippen molar-refractivity contribution in [1.82, 2.24) is 19.4 Å². The van der Waals surface area contributed by atoms with Crippen LogP contribution in [0.25, 0.3) is 11.4 Å². The van der Waals surface area contributed by atoms with Crippen LogP contribution in [-0.2, 0) is 29.7 Å². The smallest absolute Gasteiger partial charge is 0.411 e. The number of hydrogen-bond acceptors (Lipinski definition) is 7. The van der Waals surface area contributed by atoms with E-state index < -0.39 is 11.6 Å². The van der Waals surface area contributed by atoms with Gasteiger partial charge in [-0.3, -0.25) is 19.5 Å². The summed E-state index contributed by atoms with van der Waals surface area (Å²) in [6, 6.07) is 10.8. The van der Waals surface area contributed by atoms with Gasteiger partial charge in [0.05, 0.1) is 33.0 Å². The van der Waals surface area contributed by atoms with Gasteiger partial charge in [-0.05, 0) is 57.0 Å². The average Bonchev–Trinajstić information content (AvgIpc) is 3.49. The van der Waals surface area contributed by atoms with Gasteiger partial charge in [0.15, 0.2) is 0 Å². The number of carbonyl (C=O) groups is 3. The zero-order chi connectivity index (χ0) is 30.3. The zero-order valence-electron chi connectivity index (χ0n) is 25.1. The third-order valence-electron chi connectivity index (χ3n) is 7.66. The monoisotopic (exact) mass is 575 g/mol. The van der Waals surface area contributed by atoms with Crippen molar-refractivity contribution in [2.45, 2.75) is 58.8 Å². The van der Waals surface area contributed by atoms with E-state index in [0.29, 0.717) is 35.2 Å². The van der Waals surface area contributed by atoms with Gasteiger partial charge in [0.1, 0.15) is 28.7 Å². The highest BCUT2D eigenvalue weighted by molar-refractivity contribution is 6.05. The number of fused-ring (bicyclic) bond motifs is 1. The van der Waals surface area contributed by atoms with Crippen LogP contribution in [0.1, 0.15) is 56.8 Å². The maximum absolute atomic E-state index is 13.6. The molecule has 222 valence electrons. The molecule has 2 aliphatic heterocycles. The Hall–Kier alpha value is -4.54. The van der Waals surface area contributed by atoms with Crippen LogP contribution >= 0.6 is 0 Å². The molecule has 3 aromatic rings. The van der Waals surface area contributed by atoms with Crippen LogP contribution in [0, 0.1) is 0 Å². The Morgan fingerprint density at radius 3 is 2.52 bits per heavy atom. The Labute approximate surface area is 245 Å². The average molecular weight is 576 g/mol. The minimum atomic E-state index is -0.576. The molecule has 1 atom stereocenters. The fraction of sp³-hybridized carbons (Fsp3) is 0.419. The number of amides is 4. The second-order valence-corrected chi connectivity index (χ2v) is 11.5. The molecule has 1 unspecified atom stereocenters. The summed E-state index contributed by atoms with van der Waals surface area (Å²) in [5.41, 5.74) is 3.07. The largest absolute Gasteiger partial charge is 0.497 e. The van der Waals surface area contributed by atoms with Gasteiger partial charge in [0.25, 0.3) is 0 Å². The predicted molar refractivity (Wildman–Crippen MR) is 156 cm³/mol. The fourth-order valence-electron chi connectivity index (χ4n) is 5.45. The van der Waals surface area contributed by atoms with E-state index in [0.717, 1.165) is 16.7 Å². The molecule has 0 N–H and O–H groups in total. The van der Waals surface area contributed by atoms with Gasteiger partial charge in [-0.25, -0.2) is 14.6 Å². The number of imide groups is 1. The van der Waals surface area contributed by atoms with Gasteiger partial charge in [0.2, 0.25) is 5.91 Å². The normalized spacial score (nSPS) is 17.0. The van der Waals surface area contributed by atoms with Crippen molar-refractivity contribution in [3.8, 4) is 22.9 Å². The molecule has 1 fully saturated rings. The number of urea groups is 1. The molecule has 0 aliphatic carbocycles. The summed E-state index contributed by atoms with van der Waals surface area (Å²) in [6.45, 7) is 8.32. The lowest BCUT2D eigenvalue weighted by Crippen LogP contribution is -2.52. The lowest BCUT2D eigenvalue weighted by Gasteiger charge is -2.34. The molecule has 3 heterocycles. The predicted octanol–water partition coefficient (Wildman–Crippen LogP) is 5.27. The number of carbonyl (C=O) groups excluding carboxylic acids is 3. The first-order valence-corrected chi connectivity index (χ1v) is 13.9. The van der Waals surface area contributed by atoms with Crippen molar-refractivity contribution < 1.29 is 28.6 Å². The third kappa shape index (κ3) is 5.38. The Morgan fingerprint density at radius 1 is 1.07 bits per heavy atom. The van der Waals surface area contributed by atoms with Crippen LogP contribution in [0.5, 0.6) is 11.5 Å². The molecule has 0 spiro atoms. The molecule has 42 heavy (non-hydrogen) atoms. The molecular weight excluding hydrogens is 538 g/mol. The summed E-state index contributed by atoms with van der Waals surface area (Å²) < 4.78 is 18.2. The van der Waals surface area contributed by atoms with Crippen molar-refractivity contribution >= 4 is 23.8 Å². The number of methoxy groups -OCH3 is 2. The molecule has 0 radical (unpaired) electrons. The maximum atomic E-state index is 13.6. The number of nitrogens with zero attached hydrogens (tertiary/aromatic N) is 5. The van der Waals surface area contributed by atoms with E-state index in [9.17, 15) is 14.4 Å². The van der Waals surface area contributed by atoms with Gasteiger partial charge >= 0.3 is 12.1 Å². The molecular formula is C31H37N5O6. The maximum Gasteiger partial charge on any atom is 0.411 e. The molecule has 5 rings (SSSR count). The van der Waals surface area contributed by atoms with Crippen molar-refractivity contribution in [3.63, 3.8) is 0 Å². The van der Waals surface area contributed by atoms with Gasteiger partial charge in [-0.2, -0.15) is 0 Å². The third-order valence-corrected chi connectivity index (χ3v) is 7.66. The van der Waals surface area contributed by atoms with E-state index in [1.807, 2.05) is 57.5 Å². The van der Waals surface area contributed by atoms with Gasteiger partial charge < -0.3 is 18.8 Å². The van der Waals surface area contributed by atoms with Crippen LogP contribution < -0.4 is 14.4 Å². The van der Waals surface area contributed by atoms with Crippen molar-refractivity contribution in [2.75, 3.05) is 25.7 Å². The lowest BCUT2D eigenvalue weighted by atomic mass is 10.0. The number of anilines is 1. The number of imidazole rings is 1. The van der Waals surface area contributed by atoms with Crippen molar-refractivity contribution in [3.05, 3.63) is 59.3 Å². The molecule has 1 aromatic heterocycles. The van der Waals surface area contributed by atoms with Gasteiger partial charge in [-0.15, -0.1) is 0 Å². The number of aromatic nitrogens is 2. The van der Waals surface area contributed by atoms with E-state index in [2.05, 4.69) is 4.98 Å². The highest BCUT2D eigenvalue weighted by Crippen LogP contribution is 2.37. The molecule has 2 aromatic carbocycles. The topological polar surface area (TPSA) is 106 Å². The van der Waals surface area contributed by atoms with Crippen molar-refractivity contribution in [1.29, 1.82) is 0 Å². The Bertz CT molecular complexity index is 1540. The summed E-state index contributed by atoms with van der Waals surface area (Å²) in [6.07, 6.45) is 1.49. The quantitative estimate of drug-likeness (QED) is 0.394. The Morgan fingerprint density at radius 2 is 1.83 bits per heavy atom. The Balaban J connectivity index is 1.37. The number of rotatable bonds is 6. The number of ether oxygens (including phenoxy) is 3. The van der Waals surface area contributed by atoms with Crippen LogP contribution in [0.15, 0.2) is 42.6 Å². The first kappa shape index (κ1) is 29.0. The van der Waals surface area contributed by atoms with E-state index in [1.165, 1.54) is 12.0 Å². The summed E-state index contributed by atoms with van der Waals surface area (Å²) in [4.78, 5) is 48.5. The first-order valence-electron chi connectivity index (χ1n) is 13.9. The molecule has 11 nitrogen and oxygen atoms in total. The lowest BCUT2D eigenvalue weighted by molar-refractivity contribution is -0.129. The summed E-state index contributed by atoms with van der Waals surface area (Å²) in [7, 11) is 4.95. The highest BCUT2D eigenvalue weighted by Gasteiger charge is 2.36. The molecule has 2 aliphatic rings. The van der Waals surface area contributed by atoms with Crippen molar-refractivity contribution in [2.24, 2.45) is 7.05 Å². The van der Waals surface area contributed by atoms with Crippen LogP contribution in [0.4, 0.5) is 15.4 Å².